The Kier molecular flexibility index (Phi) is 7.14. The molecule has 0 saturated carbocycles. The van der Waals surface area contributed by atoms with E-state index < -0.39 is 23.6 Å². The van der Waals surface area contributed by atoms with Crippen LogP contribution in [-0.2, 0) is 11.3 Å². The first-order valence-electron chi connectivity index (χ1n) is 9.01. The van der Waals surface area contributed by atoms with Crippen molar-refractivity contribution in [1.82, 2.24) is 45.8 Å². The van der Waals surface area contributed by atoms with Crippen LogP contribution in [0.15, 0.2) is 30.5 Å². The summed E-state index contributed by atoms with van der Waals surface area (Å²) in [6, 6.07) is 4.09. The number of H-pyrrole nitrogens is 1. The number of aliphatic carboxylic acids is 1. The molecule has 4 aromatic rings. The van der Waals surface area contributed by atoms with Gasteiger partial charge in [0.05, 0.1) is 18.5 Å². The number of rotatable bonds is 8. The molecule has 0 saturated heterocycles. The van der Waals surface area contributed by atoms with Crippen molar-refractivity contribution < 1.29 is 23.4 Å². The van der Waals surface area contributed by atoms with Crippen LogP contribution in [0.25, 0.3) is 22.8 Å². The Labute approximate surface area is 189 Å². The molecule has 0 fully saturated rings. The van der Waals surface area contributed by atoms with Crippen molar-refractivity contribution in [3.05, 3.63) is 42.1 Å². The third-order valence-corrected chi connectivity index (χ3v) is 4.09. The molecule has 3 aromatic heterocycles. The molecule has 4 rings (SSSR count). The first kappa shape index (κ1) is 23.6. The van der Waals surface area contributed by atoms with Gasteiger partial charge in [-0.05, 0) is 28.6 Å². The monoisotopic (exact) mass is 480 g/mol. The minimum atomic E-state index is -1.06. The van der Waals surface area contributed by atoms with Gasteiger partial charge in [0.25, 0.3) is 5.88 Å². The Bertz CT molecular complexity index is 1250. The second-order valence-electron chi connectivity index (χ2n) is 6.52. The molecule has 33 heavy (non-hydrogen) atoms. The molecular formula is C17H15ClF2N10O3. The van der Waals surface area contributed by atoms with E-state index in [0.29, 0.717) is 0 Å². The number of ether oxygens (including phenoxy) is 1. The number of nitrogens with one attached hydrogen (secondary N) is 1. The Balaban J connectivity index is 0.00000306. The predicted molar refractivity (Wildman–Crippen MR) is 108 cm³/mol. The van der Waals surface area contributed by atoms with E-state index in [0.717, 1.165) is 16.9 Å². The zero-order valence-electron chi connectivity index (χ0n) is 16.5. The van der Waals surface area contributed by atoms with Crippen LogP contribution in [0, 0.1) is 11.6 Å². The first-order chi connectivity index (χ1) is 15.4. The number of carboxylic acids is 1. The number of tetrazole rings is 2. The fraction of sp³-hybridized carbons (Fsp3) is 0.176. The number of aromatic nitrogens is 9. The second kappa shape index (κ2) is 10.0. The highest BCUT2D eigenvalue weighted by Gasteiger charge is 2.17. The molecule has 0 amide bonds. The summed E-state index contributed by atoms with van der Waals surface area (Å²) in [5, 5.41) is 33.3. The summed E-state index contributed by atoms with van der Waals surface area (Å²) in [5.41, 5.74) is 5.97. The minimum Gasteiger partial charge on any atom is -0.481 e. The maximum Gasteiger partial charge on any atom is 0.304 e. The van der Waals surface area contributed by atoms with E-state index in [2.05, 4.69) is 41.0 Å². The second-order valence-corrected chi connectivity index (χ2v) is 6.52. The van der Waals surface area contributed by atoms with Crippen LogP contribution in [0.5, 0.6) is 11.6 Å². The summed E-state index contributed by atoms with van der Waals surface area (Å²) in [5.74, 6) is -2.88. The van der Waals surface area contributed by atoms with Gasteiger partial charge in [0.2, 0.25) is 11.6 Å². The van der Waals surface area contributed by atoms with Gasteiger partial charge in [-0.15, -0.1) is 32.8 Å². The molecule has 0 aliphatic carbocycles. The lowest BCUT2D eigenvalue weighted by molar-refractivity contribution is -0.137. The van der Waals surface area contributed by atoms with Gasteiger partial charge in [-0.25, -0.2) is 13.8 Å². The van der Waals surface area contributed by atoms with Crippen LogP contribution in [0.4, 0.5) is 8.78 Å². The Morgan fingerprint density at radius 2 is 2.03 bits per heavy atom. The van der Waals surface area contributed by atoms with E-state index in [4.69, 9.17) is 15.6 Å². The SMILES string of the molecule is Cl.N[C@@H](CC(=O)O)Cn1nnc(-c2ccc(Oc3ncc(-c4nn[nH]n4)cc3F)cc2F)n1. The number of carboxylic acid groups (broad SMARTS) is 1. The van der Waals surface area contributed by atoms with Crippen LogP contribution in [0.1, 0.15) is 6.42 Å². The molecule has 0 unspecified atom stereocenters. The van der Waals surface area contributed by atoms with Gasteiger partial charge in [-0.1, -0.05) is 0 Å². The number of carbonyl (C=O) groups is 1. The van der Waals surface area contributed by atoms with Gasteiger partial charge in [0, 0.05) is 23.9 Å². The number of aromatic amines is 1. The maximum absolute atomic E-state index is 14.6. The zero-order chi connectivity index (χ0) is 22.7. The quantitative estimate of drug-likeness (QED) is 0.329. The molecule has 0 spiro atoms. The van der Waals surface area contributed by atoms with E-state index in [1.165, 1.54) is 18.3 Å². The van der Waals surface area contributed by atoms with Crippen LogP contribution in [0.3, 0.4) is 0 Å². The van der Waals surface area contributed by atoms with Crippen molar-refractivity contribution in [2.75, 3.05) is 0 Å². The lowest BCUT2D eigenvalue weighted by Crippen LogP contribution is -2.30. The Hall–Kier alpha value is -4.11. The van der Waals surface area contributed by atoms with Crippen LogP contribution >= 0.6 is 12.4 Å². The van der Waals surface area contributed by atoms with Gasteiger partial charge in [-0.2, -0.15) is 10.0 Å². The van der Waals surface area contributed by atoms with Crippen molar-refractivity contribution >= 4 is 18.4 Å². The zero-order valence-corrected chi connectivity index (χ0v) is 17.3. The lowest BCUT2D eigenvalue weighted by Gasteiger charge is -2.08. The molecule has 0 aliphatic rings. The molecule has 4 N–H and O–H groups in total. The molecule has 13 nitrogen and oxygen atoms in total. The fourth-order valence-electron chi connectivity index (χ4n) is 2.69. The van der Waals surface area contributed by atoms with Crippen molar-refractivity contribution in [3.63, 3.8) is 0 Å². The number of hydrogen-bond donors (Lipinski definition) is 3. The highest BCUT2D eigenvalue weighted by atomic mass is 35.5. The van der Waals surface area contributed by atoms with E-state index in [9.17, 15) is 13.6 Å². The van der Waals surface area contributed by atoms with Crippen LogP contribution < -0.4 is 10.5 Å². The number of benzene rings is 1. The highest BCUT2D eigenvalue weighted by Crippen LogP contribution is 2.28. The maximum atomic E-state index is 14.6. The Morgan fingerprint density at radius 1 is 1.21 bits per heavy atom. The topological polar surface area (TPSA) is 184 Å². The first-order valence-corrected chi connectivity index (χ1v) is 9.01. The standard InChI is InChI=1S/C17H14F2N10O3.ClH/c18-12-5-10(32-17-13(19)3-8(6-21-17)15-22-26-27-23-15)1-2-11(12)16-24-28-29(25-16)7-9(20)4-14(30)31;/h1-3,5-6,9H,4,7,20H2,(H,30,31)(H,22,23,26,27);1H/t9-;/m0./s1. The number of nitrogens with two attached hydrogens (primary N) is 1. The van der Waals surface area contributed by atoms with Crippen LogP contribution in [0.2, 0.25) is 0 Å². The lowest BCUT2D eigenvalue weighted by atomic mass is 10.2. The number of halogens is 3. The normalized spacial score (nSPS) is 11.6. The van der Waals surface area contributed by atoms with Gasteiger partial charge >= 0.3 is 5.97 Å². The summed E-state index contributed by atoms with van der Waals surface area (Å²) >= 11 is 0. The van der Waals surface area contributed by atoms with Gasteiger partial charge in [-0.3, -0.25) is 4.79 Å². The largest absolute Gasteiger partial charge is 0.481 e. The smallest absolute Gasteiger partial charge is 0.304 e. The highest BCUT2D eigenvalue weighted by molar-refractivity contribution is 5.85. The van der Waals surface area contributed by atoms with Gasteiger partial charge in [0.15, 0.2) is 5.82 Å². The fourth-order valence-corrected chi connectivity index (χ4v) is 2.69. The number of hydrogen-bond acceptors (Lipinski definition) is 10. The van der Waals surface area contributed by atoms with Crippen molar-refractivity contribution in [3.8, 4) is 34.4 Å². The molecule has 16 heteroatoms. The van der Waals surface area contributed by atoms with E-state index in [1.807, 2.05) is 0 Å². The minimum absolute atomic E-state index is 0. The van der Waals surface area contributed by atoms with Crippen molar-refractivity contribution in [2.24, 2.45) is 5.73 Å². The molecular weight excluding hydrogens is 466 g/mol. The summed E-state index contributed by atoms with van der Waals surface area (Å²) < 4.78 is 34.2. The average molecular weight is 481 g/mol. The molecule has 3 heterocycles. The average Bonchev–Trinajstić information content (AvgIpc) is 3.41. The van der Waals surface area contributed by atoms with E-state index in [1.54, 1.807) is 0 Å². The molecule has 0 aliphatic heterocycles. The third-order valence-electron chi connectivity index (χ3n) is 4.09. The molecule has 172 valence electrons. The van der Waals surface area contributed by atoms with Crippen LogP contribution in [-0.4, -0.2) is 62.9 Å². The number of pyridine rings is 1. The molecule has 0 bridgehead atoms. The summed E-state index contributed by atoms with van der Waals surface area (Å²) in [7, 11) is 0. The molecule has 1 aromatic carbocycles. The molecule has 1 atom stereocenters. The molecule has 0 radical (unpaired) electrons. The van der Waals surface area contributed by atoms with Crippen molar-refractivity contribution in [2.45, 2.75) is 19.0 Å². The van der Waals surface area contributed by atoms with Gasteiger partial charge in [0.1, 0.15) is 11.6 Å². The van der Waals surface area contributed by atoms with E-state index in [-0.39, 0.29) is 59.8 Å². The third kappa shape index (κ3) is 5.58. The van der Waals surface area contributed by atoms with E-state index >= 15 is 0 Å². The van der Waals surface area contributed by atoms with Gasteiger partial charge < -0.3 is 15.6 Å². The van der Waals surface area contributed by atoms with Crippen molar-refractivity contribution in [1.29, 1.82) is 0 Å². The number of nitrogens with zero attached hydrogens (tertiary/aromatic N) is 8. The predicted octanol–water partition coefficient (Wildman–Crippen LogP) is 1.21. The summed E-state index contributed by atoms with van der Waals surface area (Å²) in [6.45, 7) is -0.00703. The Morgan fingerprint density at radius 3 is 2.70 bits per heavy atom. The summed E-state index contributed by atoms with van der Waals surface area (Å²) in [4.78, 5) is 15.6. The summed E-state index contributed by atoms with van der Waals surface area (Å²) in [6.07, 6.45) is 1.00.